The average Bonchev–Trinajstić information content (AvgIpc) is 2.48. The van der Waals surface area contributed by atoms with Gasteiger partial charge in [0.05, 0.1) is 0 Å². The Balaban J connectivity index is 1.80. The first-order valence-electron chi connectivity index (χ1n) is 7.32. The third-order valence-corrected chi connectivity index (χ3v) is 5.07. The van der Waals surface area contributed by atoms with E-state index in [0.29, 0.717) is 5.75 Å². The van der Waals surface area contributed by atoms with Gasteiger partial charge < -0.3 is 10.8 Å². The molecule has 0 radical (unpaired) electrons. The maximum Gasteiger partial charge on any atom is 0.321 e. The van der Waals surface area contributed by atoms with Gasteiger partial charge in [0.25, 0.3) is 0 Å². The lowest BCUT2D eigenvalue weighted by atomic mass is 9.84. The summed E-state index contributed by atoms with van der Waals surface area (Å²) < 4.78 is 0. The van der Waals surface area contributed by atoms with Crippen LogP contribution in [0.4, 0.5) is 0 Å². The molecular formula is C16H23NO2S. The highest BCUT2D eigenvalue weighted by atomic mass is 32.2. The lowest BCUT2D eigenvalue weighted by Gasteiger charge is -2.22. The summed E-state index contributed by atoms with van der Waals surface area (Å²) in [5.74, 6) is 1.10. The number of rotatable bonds is 6. The van der Waals surface area contributed by atoms with Crippen molar-refractivity contribution >= 4 is 17.7 Å². The zero-order chi connectivity index (χ0) is 14.4. The molecule has 1 atom stereocenters. The van der Waals surface area contributed by atoms with Crippen LogP contribution in [0.25, 0.3) is 0 Å². The number of nitrogens with two attached hydrogens (primary N) is 1. The zero-order valence-electron chi connectivity index (χ0n) is 11.8. The van der Waals surface area contributed by atoms with Crippen molar-refractivity contribution in [2.75, 3.05) is 5.75 Å². The normalized spacial score (nSPS) is 17.9. The number of hydrogen-bond donors (Lipinski definition) is 2. The Kier molecular flexibility index (Phi) is 5.92. The molecule has 2 rings (SSSR count). The minimum Gasteiger partial charge on any atom is -0.480 e. The predicted molar refractivity (Wildman–Crippen MR) is 84.0 cm³/mol. The first kappa shape index (κ1) is 15.4. The molecular weight excluding hydrogens is 270 g/mol. The van der Waals surface area contributed by atoms with Crippen LogP contribution in [-0.2, 0) is 10.5 Å². The monoisotopic (exact) mass is 293 g/mol. The molecule has 1 aromatic carbocycles. The topological polar surface area (TPSA) is 63.3 Å². The third-order valence-electron chi connectivity index (χ3n) is 3.94. The molecule has 3 N–H and O–H groups in total. The first-order chi connectivity index (χ1) is 9.66. The molecule has 3 nitrogen and oxygen atoms in total. The van der Waals surface area contributed by atoms with Gasteiger partial charge in [0.2, 0.25) is 0 Å². The van der Waals surface area contributed by atoms with E-state index in [1.165, 1.54) is 43.2 Å². The lowest BCUT2D eigenvalue weighted by molar-refractivity contribution is -0.137. The first-order valence-corrected chi connectivity index (χ1v) is 8.47. The van der Waals surface area contributed by atoms with E-state index in [4.69, 9.17) is 10.8 Å². The Hall–Kier alpha value is -1.00. The summed E-state index contributed by atoms with van der Waals surface area (Å²) in [6, 6.07) is 8.06. The quantitative estimate of drug-likeness (QED) is 0.844. The van der Waals surface area contributed by atoms with Crippen LogP contribution in [0.5, 0.6) is 0 Å². The largest absolute Gasteiger partial charge is 0.480 e. The van der Waals surface area contributed by atoms with Crippen LogP contribution < -0.4 is 5.73 Å². The number of benzene rings is 1. The second-order valence-corrected chi connectivity index (χ2v) is 6.57. The summed E-state index contributed by atoms with van der Waals surface area (Å²) in [6.07, 6.45) is 6.74. The van der Waals surface area contributed by atoms with Crippen molar-refractivity contribution in [1.29, 1.82) is 0 Å². The highest BCUT2D eigenvalue weighted by Gasteiger charge is 2.15. The van der Waals surface area contributed by atoms with E-state index in [2.05, 4.69) is 24.3 Å². The highest BCUT2D eigenvalue weighted by molar-refractivity contribution is 7.98. The Bertz CT molecular complexity index is 427. The van der Waals surface area contributed by atoms with Gasteiger partial charge in [-0.2, -0.15) is 11.8 Å². The number of carboxylic acids is 1. The van der Waals surface area contributed by atoms with Crippen molar-refractivity contribution in [3.8, 4) is 0 Å². The molecule has 0 amide bonds. The van der Waals surface area contributed by atoms with Crippen molar-refractivity contribution in [3.05, 3.63) is 35.4 Å². The van der Waals surface area contributed by atoms with Crippen LogP contribution in [0.15, 0.2) is 24.3 Å². The summed E-state index contributed by atoms with van der Waals surface area (Å²) in [6.45, 7) is 0. The number of aliphatic carboxylic acids is 1. The minimum atomic E-state index is -0.926. The Morgan fingerprint density at radius 1 is 1.25 bits per heavy atom. The third kappa shape index (κ3) is 4.53. The second-order valence-electron chi connectivity index (χ2n) is 5.54. The van der Waals surface area contributed by atoms with Gasteiger partial charge in [-0.15, -0.1) is 0 Å². The van der Waals surface area contributed by atoms with Crippen molar-refractivity contribution in [3.63, 3.8) is 0 Å². The van der Waals surface area contributed by atoms with Gasteiger partial charge in [-0.1, -0.05) is 43.5 Å². The molecule has 0 spiro atoms. The molecule has 0 saturated heterocycles. The maximum absolute atomic E-state index is 10.6. The van der Waals surface area contributed by atoms with Crippen LogP contribution in [0.1, 0.15) is 49.1 Å². The van der Waals surface area contributed by atoms with Crippen molar-refractivity contribution in [2.24, 2.45) is 5.73 Å². The fourth-order valence-electron chi connectivity index (χ4n) is 2.70. The van der Waals surface area contributed by atoms with E-state index < -0.39 is 12.0 Å². The number of thioether (sulfide) groups is 1. The maximum atomic E-state index is 10.6. The van der Waals surface area contributed by atoms with Gasteiger partial charge in [0, 0.05) is 11.5 Å². The Morgan fingerprint density at radius 3 is 2.50 bits per heavy atom. The number of carbonyl (C=O) groups is 1. The highest BCUT2D eigenvalue weighted by Crippen LogP contribution is 2.32. The summed E-state index contributed by atoms with van der Waals surface area (Å²) in [5, 5.41) is 8.72. The smallest absolute Gasteiger partial charge is 0.321 e. The van der Waals surface area contributed by atoms with E-state index in [1.54, 1.807) is 11.8 Å². The van der Waals surface area contributed by atoms with Crippen molar-refractivity contribution < 1.29 is 9.90 Å². The summed E-state index contributed by atoms with van der Waals surface area (Å²) in [7, 11) is 0. The van der Waals surface area contributed by atoms with Gasteiger partial charge in [0.1, 0.15) is 6.04 Å². The van der Waals surface area contributed by atoms with Crippen LogP contribution in [-0.4, -0.2) is 22.9 Å². The standard InChI is InChI=1S/C16H23NO2S/c17-15(16(18)19)11-20-10-12-6-8-14(9-7-12)13-4-2-1-3-5-13/h6-9,13,15H,1-5,10-11,17H2,(H,18,19)/t15-/m0/s1. The van der Waals surface area contributed by atoms with E-state index in [1.807, 2.05) is 0 Å². The molecule has 1 aliphatic rings. The van der Waals surface area contributed by atoms with E-state index in [-0.39, 0.29) is 0 Å². The van der Waals surface area contributed by atoms with Gasteiger partial charge in [-0.05, 0) is 29.9 Å². The van der Waals surface area contributed by atoms with E-state index >= 15 is 0 Å². The van der Waals surface area contributed by atoms with Crippen LogP contribution >= 0.6 is 11.8 Å². The molecule has 1 saturated carbocycles. The molecule has 1 aromatic rings. The molecule has 0 unspecified atom stereocenters. The number of carboxylic acid groups (broad SMARTS) is 1. The fourth-order valence-corrected chi connectivity index (χ4v) is 3.64. The molecule has 4 heteroatoms. The van der Waals surface area contributed by atoms with Crippen molar-refractivity contribution in [1.82, 2.24) is 0 Å². The molecule has 0 bridgehead atoms. The molecule has 110 valence electrons. The summed E-state index contributed by atoms with van der Waals surface area (Å²) in [5.41, 5.74) is 8.18. The van der Waals surface area contributed by atoms with Gasteiger partial charge >= 0.3 is 5.97 Å². The van der Waals surface area contributed by atoms with E-state index in [9.17, 15) is 4.79 Å². The van der Waals surface area contributed by atoms with Gasteiger partial charge in [0.15, 0.2) is 0 Å². The Morgan fingerprint density at radius 2 is 1.90 bits per heavy atom. The SMILES string of the molecule is N[C@@H](CSCc1ccc(C2CCCCC2)cc1)C(=O)O. The molecule has 1 fully saturated rings. The van der Waals surface area contributed by atoms with E-state index in [0.717, 1.165) is 11.7 Å². The fraction of sp³-hybridized carbons (Fsp3) is 0.562. The summed E-state index contributed by atoms with van der Waals surface area (Å²) in [4.78, 5) is 10.6. The lowest BCUT2D eigenvalue weighted by Crippen LogP contribution is -2.32. The van der Waals surface area contributed by atoms with Gasteiger partial charge in [-0.25, -0.2) is 0 Å². The van der Waals surface area contributed by atoms with Crippen LogP contribution in [0, 0.1) is 0 Å². The van der Waals surface area contributed by atoms with Crippen LogP contribution in [0.2, 0.25) is 0 Å². The average molecular weight is 293 g/mol. The second kappa shape index (κ2) is 7.70. The Labute approximate surface area is 124 Å². The molecule has 0 heterocycles. The van der Waals surface area contributed by atoms with Crippen LogP contribution in [0.3, 0.4) is 0 Å². The summed E-state index contributed by atoms with van der Waals surface area (Å²) >= 11 is 1.58. The minimum absolute atomic E-state index is 0.458. The molecule has 0 aromatic heterocycles. The predicted octanol–water partition coefficient (Wildman–Crippen LogP) is 3.38. The molecule has 20 heavy (non-hydrogen) atoms. The molecule has 0 aliphatic heterocycles. The van der Waals surface area contributed by atoms with Crippen molar-refractivity contribution in [2.45, 2.75) is 49.8 Å². The number of hydrogen-bond acceptors (Lipinski definition) is 3. The van der Waals surface area contributed by atoms with Gasteiger partial charge in [-0.3, -0.25) is 4.79 Å². The molecule has 1 aliphatic carbocycles. The zero-order valence-corrected chi connectivity index (χ0v) is 12.6.